The van der Waals surface area contributed by atoms with Crippen molar-refractivity contribution in [1.29, 1.82) is 0 Å². The summed E-state index contributed by atoms with van der Waals surface area (Å²) in [6.45, 7) is 1.88. The lowest BCUT2D eigenvalue weighted by Gasteiger charge is -2.32. The van der Waals surface area contributed by atoms with E-state index in [0.29, 0.717) is 11.6 Å². The Morgan fingerprint density at radius 2 is 1.77 bits per heavy atom. The minimum atomic E-state index is -0.234. The van der Waals surface area contributed by atoms with Crippen LogP contribution in [0.25, 0.3) is 0 Å². The summed E-state index contributed by atoms with van der Waals surface area (Å²) in [4.78, 5) is 23.3. The molecule has 6 heteroatoms. The number of carbonyl (C=O) groups excluding carboxylic acids is 2. The van der Waals surface area contributed by atoms with Crippen molar-refractivity contribution >= 4 is 23.5 Å². The molecule has 2 rings (SSSR count). The van der Waals surface area contributed by atoms with Crippen LogP contribution in [-0.2, 0) is 11.3 Å². The minimum absolute atomic E-state index is 0.0114. The standard InChI is InChI=1S/C16H22ClN3O2/c1-11(21)19-14-8-4-5-9-15(14)20-16(22)18-10-12-6-2-3-7-13(12)17/h2-3,6-7,14-15H,4-5,8-10H2,1H3,(H,19,21)(H2,18,20,22). The number of benzene rings is 1. The Kier molecular flexibility index (Phi) is 6.07. The fraction of sp³-hybridized carbons (Fsp3) is 0.500. The van der Waals surface area contributed by atoms with E-state index >= 15 is 0 Å². The molecular weight excluding hydrogens is 302 g/mol. The lowest BCUT2D eigenvalue weighted by atomic mass is 9.90. The smallest absolute Gasteiger partial charge is 0.315 e. The quantitative estimate of drug-likeness (QED) is 0.797. The summed E-state index contributed by atoms with van der Waals surface area (Å²) in [7, 11) is 0. The number of halogens is 1. The van der Waals surface area contributed by atoms with Crippen molar-refractivity contribution in [1.82, 2.24) is 16.0 Å². The van der Waals surface area contributed by atoms with Gasteiger partial charge in [-0.2, -0.15) is 0 Å². The van der Waals surface area contributed by atoms with Crippen LogP contribution in [0.1, 0.15) is 38.2 Å². The lowest BCUT2D eigenvalue weighted by molar-refractivity contribution is -0.120. The summed E-state index contributed by atoms with van der Waals surface area (Å²) in [5.74, 6) is -0.0600. The molecule has 2 unspecified atom stereocenters. The van der Waals surface area contributed by atoms with Crippen LogP contribution in [0.4, 0.5) is 4.79 Å². The highest BCUT2D eigenvalue weighted by Gasteiger charge is 2.26. The van der Waals surface area contributed by atoms with Gasteiger partial charge in [0, 0.05) is 24.5 Å². The predicted octanol–water partition coefficient (Wildman–Crippen LogP) is 2.59. The molecule has 1 fully saturated rings. The van der Waals surface area contributed by atoms with Crippen LogP contribution < -0.4 is 16.0 Å². The molecule has 0 heterocycles. The molecule has 0 bridgehead atoms. The molecule has 120 valence electrons. The fourth-order valence-corrected chi connectivity index (χ4v) is 2.98. The van der Waals surface area contributed by atoms with Gasteiger partial charge in [-0.15, -0.1) is 0 Å². The highest BCUT2D eigenvalue weighted by Crippen LogP contribution is 2.19. The first kappa shape index (κ1) is 16.6. The zero-order valence-electron chi connectivity index (χ0n) is 12.7. The Hall–Kier alpha value is -1.75. The third kappa shape index (κ3) is 4.91. The van der Waals surface area contributed by atoms with Gasteiger partial charge in [0.25, 0.3) is 0 Å². The highest BCUT2D eigenvalue weighted by molar-refractivity contribution is 6.31. The Balaban J connectivity index is 1.84. The maximum Gasteiger partial charge on any atom is 0.315 e. The molecule has 5 nitrogen and oxygen atoms in total. The minimum Gasteiger partial charge on any atom is -0.352 e. The number of amides is 3. The molecule has 1 aliphatic rings. The lowest BCUT2D eigenvalue weighted by Crippen LogP contribution is -2.54. The van der Waals surface area contributed by atoms with Gasteiger partial charge in [0.2, 0.25) is 5.91 Å². The molecule has 3 N–H and O–H groups in total. The Morgan fingerprint density at radius 3 is 2.41 bits per heavy atom. The number of hydrogen-bond donors (Lipinski definition) is 3. The second kappa shape index (κ2) is 8.03. The normalized spacial score (nSPS) is 21.0. The Morgan fingerprint density at radius 1 is 1.14 bits per heavy atom. The van der Waals surface area contributed by atoms with Crippen LogP contribution in [0, 0.1) is 0 Å². The van der Waals surface area contributed by atoms with Crippen molar-refractivity contribution in [3.05, 3.63) is 34.9 Å². The zero-order chi connectivity index (χ0) is 15.9. The zero-order valence-corrected chi connectivity index (χ0v) is 13.5. The van der Waals surface area contributed by atoms with E-state index in [4.69, 9.17) is 11.6 Å². The summed E-state index contributed by atoms with van der Waals surface area (Å²) in [6, 6.07) is 7.16. The second-order valence-corrected chi connectivity index (χ2v) is 6.02. The van der Waals surface area contributed by atoms with E-state index in [2.05, 4.69) is 16.0 Å². The first-order valence-electron chi connectivity index (χ1n) is 7.61. The largest absolute Gasteiger partial charge is 0.352 e. The molecule has 1 aromatic rings. The maximum atomic E-state index is 12.0. The predicted molar refractivity (Wildman–Crippen MR) is 86.7 cm³/mol. The van der Waals surface area contributed by atoms with Crippen LogP contribution >= 0.6 is 11.6 Å². The van der Waals surface area contributed by atoms with Gasteiger partial charge in [-0.1, -0.05) is 42.6 Å². The molecule has 0 saturated heterocycles. The van der Waals surface area contributed by atoms with E-state index < -0.39 is 0 Å². The summed E-state index contributed by atoms with van der Waals surface area (Å²) >= 11 is 6.06. The number of hydrogen-bond acceptors (Lipinski definition) is 2. The summed E-state index contributed by atoms with van der Waals surface area (Å²) in [6.07, 6.45) is 3.91. The van der Waals surface area contributed by atoms with Crippen LogP contribution in [0.2, 0.25) is 5.02 Å². The van der Waals surface area contributed by atoms with E-state index in [0.717, 1.165) is 31.2 Å². The molecule has 0 aliphatic heterocycles. The van der Waals surface area contributed by atoms with Crippen molar-refractivity contribution in [2.75, 3.05) is 0 Å². The molecular formula is C16H22ClN3O2. The first-order valence-corrected chi connectivity index (χ1v) is 7.99. The molecule has 0 spiro atoms. The summed E-state index contributed by atoms with van der Waals surface area (Å²) in [5, 5.41) is 9.32. The third-order valence-corrected chi connectivity index (χ3v) is 4.24. The van der Waals surface area contributed by atoms with Gasteiger partial charge in [-0.3, -0.25) is 4.79 Å². The highest BCUT2D eigenvalue weighted by atomic mass is 35.5. The molecule has 1 aromatic carbocycles. The molecule has 1 aliphatic carbocycles. The second-order valence-electron chi connectivity index (χ2n) is 5.62. The van der Waals surface area contributed by atoms with E-state index in [1.165, 1.54) is 6.92 Å². The third-order valence-electron chi connectivity index (χ3n) is 3.87. The number of nitrogens with one attached hydrogen (secondary N) is 3. The molecule has 2 atom stereocenters. The molecule has 0 radical (unpaired) electrons. The van der Waals surface area contributed by atoms with Crippen LogP contribution in [0.5, 0.6) is 0 Å². The SMILES string of the molecule is CC(=O)NC1CCCCC1NC(=O)NCc1ccccc1Cl. The van der Waals surface area contributed by atoms with Crippen LogP contribution in [0.3, 0.4) is 0 Å². The monoisotopic (exact) mass is 323 g/mol. The summed E-state index contributed by atoms with van der Waals surface area (Å²) in [5.41, 5.74) is 0.876. The van der Waals surface area contributed by atoms with Crippen molar-refractivity contribution in [2.45, 2.75) is 51.2 Å². The topological polar surface area (TPSA) is 70.2 Å². The van der Waals surface area contributed by atoms with Gasteiger partial charge in [0.05, 0.1) is 6.04 Å². The van der Waals surface area contributed by atoms with Crippen molar-refractivity contribution < 1.29 is 9.59 Å². The van der Waals surface area contributed by atoms with Crippen LogP contribution in [0.15, 0.2) is 24.3 Å². The van der Waals surface area contributed by atoms with Gasteiger partial charge in [-0.05, 0) is 24.5 Å². The van der Waals surface area contributed by atoms with Gasteiger partial charge >= 0.3 is 6.03 Å². The Labute approximate surface area is 135 Å². The molecule has 22 heavy (non-hydrogen) atoms. The summed E-state index contributed by atoms with van der Waals surface area (Å²) < 4.78 is 0. The van der Waals surface area contributed by atoms with Gasteiger partial charge in [0.15, 0.2) is 0 Å². The average molecular weight is 324 g/mol. The fourth-order valence-electron chi connectivity index (χ4n) is 2.77. The molecule has 1 saturated carbocycles. The van der Waals surface area contributed by atoms with Gasteiger partial charge in [-0.25, -0.2) is 4.79 Å². The van der Waals surface area contributed by atoms with Crippen molar-refractivity contribution in [3.63, 3.8) is 0 Å². The van der Waals surface area contributed by atoms with Crippen LogP contribution in [-0.4, -0.2) is 24.0 Å². The molecule has 0 aromatic heterocycles. The van der Waals surface area contributed by atoms with Crippen molar-refractivity contribution in [2.24, 2.45) is 0 Å². The average Bonchev–Trinajstić information content (AvgIpc) is 2.48. The van der Waals surface area contributed by atoms with E-state index in [-0.39, 0.29) is 24.0 Å². The number of urea groups is 1. The van der Waals surface area contributed by atoms with E-state index in [1.807, 2.05) is 18.2 Å². The van der Waals surface area contributed by atoms with Gasteiger partial charge < -0.3 is 16.0 Å². The van der Waals surface area contributed by atoms with Crippen molar-refractivity contribution in [3.8, 4) is 0 Å². The Bertz CT molecular complexity index is 536. The first-order chi connectivity index (χ1) is 10.6. The number of rotatable bonds is 4. The maximum absolute atomic E-state index is 12.0. The molecule has 3 amide bonds. The number of carbonyl (C=O) groups is 2. The van der Waals surface area contributed by atoms with E-state index in [9.17, 15) is 9.59 Å². The van der Waals surface area contributed by atoms with E-state index in [1.54, 1.807) is 6.07 Å². The van der Waals surface area contributed by atoms with Gasteiger partial charge in [0.1, 0.15) is 0 Å².